The molecule has 1 N–H and O–H groups in total. The van der Waals surface area contributed by atoms with Crippen LogP contribution >= 0.6 is 0 Å². The largest absolute Gasteiger partial charge is 0.372 e. The third kappa shape index (κ3) is 2.66. The number of allylic oxidation sites excluding steroid dienone is 2. The van der Waals surface area contributed by atoms with E-state index in [1.165, 1.54) is 12.1 Å². The number of fused-ring (bicyclic) bond motifs is 3. The van der Waals surface area contributed by atoms with Crippen molar-refractivity contribution in [1.29, 1.82) is 0 Å². The van der Waals surface area contributed by atoms with Crippen molar-refractivity contribution >= 4 is 17.1 Å². The predicted molar refractivity (Wildman–Crippen MR) is 102 cm³/mol. The van der Waals surface area contributed by atoms with Crippen molar-refractivity contribution in [3.05, 3.63) is 85.0 Å². The number of nitrogens with one attached hydrogen (secondary N) is 1. The lowest BCUT2D eigenvalue weighted by Crippen LogP contribution is -2.30. The fourth-order valence-corrected chi connectivity index (χ4v) is 4.36. The maximum Gasteiger partial charge on any atom is 0.292 e. The van der Waals surface area contributed by atoms with Gasteiger partial charge in [-0.15, -0.1) is 0 Å². The van der Waals surface area contributed by atoms with E-state index in [2.05, 4.69) is 17.5 Å². The van der Waals surface area contributed by atoms with E-state index < -0.39 is 4.92 Å². The van der Waals surface area contributed by atoms with Gasteiger partial charge in [0.15, 0.2) is 0 Å². The molecule has 0 spiro atoms. The van der Waals surface area contributed by atoms with Crippen LogP contribution in [0.2, 0.25) is 0 Å². The third-order valence-corrected chi connectivity index (χ3v) is 5.81. The van der Waals surface area contributed by atoms with Crippen LogP contribution in [-0.4, -0.2) is 9.85 Å². The van der Waals surface area contributed by atoms with Crippen LogP contribution in [0.1, 0.15) is 40.6 Å². The van der Waals surface area contributed by atoms with Crippen LogP contribution in [0.4, 0.5) is 17.1 Å². The molecule has 7 heteroatoms. The number of nitrogens with zero attached hydrogens (tertiary/aromatic N) is 2. The summed E-state index contributed by atoms with van der Waals surface area (Å²) in [4.78, 5) is 21.8. The molecule has 0 bridgehead atoms. The van der Waals surface area contributed by atoms with Crippen LogP contribution in [0, 0.1) is 40.0 Å². The van der Waals surface area contributed by atoms with E-state index in [0.29, 0.717) is 5.69 Å². The zero-order chi connectivity index (χ0) is 19.3. The highest BCUT2D eigenvalue weighted by Crippen LogP contribution is 2.53. The van der Waals surface area contributed by atoms with Gasteiger partial charge in [0, 0.05) is 24.1 Å². The Hall–Kier alpha value is -3.22. The number of hydrogen-bond donors (Lipinski definition) is 1. The Kier molecular flexibility index (Phi) is 3.95. The Balaban J connectivity index is 1.85. The summed E-state index contributed by atoms with van der Waals surface area (Å²) in [5, 5.41) is 26.0. The van der Waals surface area contributed by atoms with Crippen LogP contribution in [0.25, 0.3) is 0 Å². The highest BCUT2D eigenvalue weighted by atomic mass is 16.6. The molecule has 0 aromatic heterocycles. The molecule has 2 aliphatic rings. The van der Waals surface area contributed by atoms with Crippen LogP contribution in [0.15, 0.2) is 42.5 Å². The maximum atomic E-state index is 11.7. The van der Waals surface area contributed by atoms with Crippen molar-refractivity contribution in [2.45, 2.75) is 32.2 Å². The number of nitro benzene ring substituents is 2. The van der Waals surface area contributed by atoms with Gasteiger partial charge in [-0.05, 0) is 48.4 Å². The summed E-state index contributed by atoms with van der Waals surface area (Å²) in [7, 11) is 0. The highest BCUT2D eigenvalue weighted by Gasteiger charge is 2.41. The fraction of sp³-hybridized carbons (Fsp3) is 0.300. The summed E-state index contributed by atoms with van der Waals surface area (Å²) in [6.07, 6.45) is 5.12. The number of benzene rings is 2. The molecule has 2 aromatic rings. The summed E-state index contributed by atoms with van der Waals surface area (Å²) in [6.45, 7) is 3.91. The lowest BCUT2D eigenvalue weighted by atomic mass is 9.74. The van der Waals surface area contributed by atoms with Gasteiger partial charge < -0.3 is 5.32 Å². The van der Waals surface area contributed by atoms with E-state index in [1.54, 1.807) is 18.2 Å². The molecule has 138 valence electrons. The maximum absolute atomic E-state index is 11.7. The molecule has 0 fully saturated rings. The molecule has 27 heavy (non-hydrogen) atoms. The van der Waals surface area contributed by atoms with E-state index in [-0.39, 0.29) is 34.2 Å². The van der Waals surface area contributed by atoms with E-state index in [9.17, 15) is 20.2 Å². The van der Waals surface area contributed by atoms with Crippen molar-refractivity contribution in [3.8, 4) is 0 Å². The van der Waals surface area contributed by atoms with E-state index in [0.717, 1.165) is 28.7 Å². The first kappa shape index (κ1) is 17.2. The third-order valence-electron chi connectivity index (χ3n) is 5.81. The summed E-state index contributed by atoms with van der Waals surface area (Å²) in [6, 6.07) is 7.93. The smallest absolute Gasteiger partial charge is 0.292 e. The molecule has 0 saturated carbocycles. The highest BCUT2D eigenvalue weighted by molar-refractivity contribution is 5.74. The number of aryl methyl sites for hydroxylation is 1. The Labute approximate surface area is 156 Å². The first-order valence-electron chi connectivity index (χ1n) is 8.84. The number of nitro groups is 2. The zero-order valence-electron chi connectivity index (χ0n) is 15.0. The summed E-state index contributed by atoms with van der Waals surface area (Å²) < 4.78 is 0. The minimum absolute atomic E-state index is 0.0357. The number of non-ortho nitro benzene ring substituents is 1. The molecule has 2 aromatic carbocycles. The minimum Gasteiger partial charge on any atom is -0.372 e. The molecule has 0 radical (unpaired) electrons. The molecule has 0 saturated heterocycles. The monoisotopic (exact) mass is 365 g/mol. The van der Waals surface area contributed by atoms with Crippen LogP contribution in [0.3, 0.4) is 0 Å². The fourth-order valence-electron chi connectivity index (χ4n) is 4.36. The first-order valence-corrected chi connectivity index (χ1v) is 8.84. The second kappa shape index (κ2) is 6.19. The van der Waals surface area contributed by atoms with E-state index in [4.69, 9.17) is 0 Å². The SMILES string of the molecule is Cc1cc([N+](=O)[O-])c2c(c1C)[C@@H]1C=CC[C@@H]1C(c1ccc([N+](=O)[O-])cc1)N2. The lowest BCUT2D eigenvalue weighted by Gasteiger charge is -2.38. The molecule has 7 nitrogen and oxygen atoms in total. The van der Waals surface area contributed by atoms with Gasteiger partial charge in [0.25, 0.3) is 11.4 Å². The minimum atomic E-state index is -0.426. The van der Waals surface area contributed by atoms with E-state index >= 15 is 0 Å². The molecule has 1 unspecified atom stereocenters. The Bertz CT molecular complexity index is 982. The van der Waals surface area contributed by atoms with Crippen molar-refractivity contribution < 1.29 is 9.85 Å². The predicted octanol–water partition coefficient (Wildman–Crippen LogP) is 4.95. The second-order valence-corrected chi connectivity index (χ2v) is 7.21. The number of anilines is 1. The van der Waals surface area contributed by atoms with Crippen molar-refractivity contribution in [1.82, 2.24) is 0 Å². The van der Waals surface area contributed by atoms with Crippen molar-refractivity contribution in [3.63, 3.8) is 0 Å². The van der Waals surface area contributed by atoms with Crippen molar-refractivity contribution in [2.24, 2.45) is 5.92 Å². The molecular weight excluding hydrogens is 346 g/mol. The average molecular weight is 365 g/mol. The lowest BCUT2D eigenvalue weighted by molar-refractivity contribution is -0.384. The van der Waals surface area contributed by atoms with Gasteiger partial charge >= 0.3 is 0 Å². The molecule has 0 amide bonds. The van der Waals surface area contributed by atoms with Crippen LogP contribution in [0.5, 0.6) is 0 Å². The van der Waals surface area contributed by atoms with Gasteiger partial charge in [0.05, 0.1) is 15.9 Å². The molecule has 1 aliphatic carbocycles. The number of rotatable bonds is 3. The Morgan fingerprint density at radius 2 is 1.78 bits per heavy atom. The summed E-state index contributed by atoms with van der Waals surface area (Å²) in [5.74, 6) is 0.319. The average Bonchev–Trinajstić information content (AvgIpc) is 3.13. The standard InChI is InChI=1S/C20H19N3O4/c1-11-10-17(23(26)27)20-18(12(11)2)15-4-3-5-16(15)19(21-20)13-6-8-14(9-7-13)22(24)25/h3-4,6-10,15-16,19,21H,5H2,1-2H3/t15-,16+,19?/m1/s1. The van der Waals surface area contributed by atoms with Crippen LogP contribution in [-0.2, 0) is 0 Å². The Morgan fingerprint density at radius 3 is 2.41 bits per heavy atom. The van der Waals surface area contributed by atoms with E-state index in [1.807, 2.05) is 13.8 Å². The van der Waals surface area contributed by atoms with Crippen LogP contribution < -0.4 is 5.32 Å². The summed E-state index contributed by atoms with van der Waals surface area (Å²) in [5.41, 5.74) is 4.57. The van der Waals surface area contributed by atoms with Gasteiger partial charge in [0.2, 0.25) is 0 Å². The topological polar surface area (TPSA) is 98.3 Å². The number of hydrogen-bond acceptors (Lipinski definition) is 5. The zero-order valence-corrected chi connectivity index (χ0v) is 15.0. The van der Waals surface area contributed by atoms with Gasteiger partial charge in [-0.3, -0.25) is 20.2 Å². The summed E-state index contributed by atoms with van der Waals surface area (Å²) >= 11 is 0. The first-order chi connectivity index (χ1) is 12.9. The van der Waals surface area contributed by atoms with Gasteiger partial charge in [-0.1, -0.05) is 24.3 Å². The second-order valence-electron chi connectivity index (χ2n) is 7.21. The van der Waals surface area contributed by atoms with Gasteiger partial charge in [-0.25, -0.2) is 0 Å². The van der Waals surface area contributed by atoms with Gasteiger partial charge in [0.1, 0.15) is 5.69 Å². The quantitative estimate of drug-likeness (QED) is 0.471. The van der Waals surface area contributed by atoms with Crippen molar-refractivity contribution in [2.75, 3.05) is 5.32 Å². The molecule has 3 atom stereocenters. The normalized spacial score (nSPS) is 22.7. The van der Waals surface area contributed by atoms with Gasteiger partial charge in [-0.2, -0.15) is 0 Å². The molecular formula is C20H19N3O4. The molecule has 4 rings (SSSR count). The molecule has 1 aliphatic heterocycles. The molecule has 1 heterocycles. The Morgan fingerprint density at radius 1 is 1.07 bits per heavy atom.